The normalized spacial score (nSPS) is 29.7. The number of nitrogens with zero attached hydrogens (tertiary/aromatic N) is 4. The zero-order chi connectivity index (χ0) is 17.6. The van der Waals surface area contributed by atoms with Gasteiger partial charge in [0.1, 0.15) is 5.82 Å². The van der Waals surface area contributed by atoms with Crippen molar-refractivity contribution in [1.29, 1.82) is 0 Å². The minimum Gasteiger partial charge on any atom is -0.391 e. The highest BCUT2D eigenvalue weighted by Gasteiger charge is 2.43. The van der Waals surface area contributed by atoms with Gasteiger partial charge in [-0.25, -0.2) is 4.98 Å². The Labute approximate surface area is 143 Å². The molecule has 1 aliphatic carbocycles. The molecule has 2 aromatic rings. The average molecular weight is 352 g/mol. The van der Waals surface area contributed by atoms with Crippen molar-refractivity contribution in [2.45, 2.75) is 31.2 Å². The third-order valence-corrected chi connectivity index (χ3v) is 5.37. The first kappa shape index (κ1) is 16.4. The van der Waals surface area contributed by atoms with E-state index in [4.69, 9.17) is 0 Å². The van der Waals surface area contributed by atoms with E-state index in [0.29, 0.717) is 31.2 Å². The Bertz CT molecular complexity index is 734. The van der Waals surface area contributed by atoms with Crippen LogP contribution in [-0.2, 0) is 6.18 Å². The number of aromatic nitrogens is 3. The Kier molecular flexibility index (Phi) is 3.94. The maximum absolute atomic E-state index is 12.9. The number of anilines is 1. The van der Waals surface area contributed by atoms with E-state index in [0.717, 1.165) is 18.6 Å². The molecule has 8 heteroatoms. The van der Waals surface area contributed by atoms with Gasteiger partial charge in [-0.15, -0.1) is 0 Å². The summed E-state index contributed by atoms with van der Waals surface area (Å²) in [5.41, 5.74) is -0.679. The predicted molar refractivity (Wildman–Crippen MR) is 84.9 cm³/mol. The van der Waals surface area contributed by atoms with Crippen LogP contribution in [0.3, 0.4) is 0 Å². The second-order valence-electron chi connectivity index (χ2n) is 6.92. The van der Waals surface area contributed by atoms with Crippen LogP contribution >= 0.6 is 0 Å². The van der Waals surface area contributed by atoms with Gasteiger partial charge in [0.25, 0.3) is 0 Å². The zero-order valence-corrected chi connectivity index (χ0v) is 13.5. The first-order chi connectivity index (χ1) is 11.9. The molecule has 0 spiro atoms. The van der Waals surface area contributed by atoms with E-state index in [1.807, 2.05) is 17.2 Å². The maximum Gasteiger partial charge on any atom is 0.416 e. The first-order valence-corrected chi connectivity index (χ1v) is 8.37. The fraction of sp³-hybridized carbons (Fsp3) is 0.529. The zero-order valence-electron chi connectivity index (χ0n) is 13.5. The van der Waals surface area contributed by atoms with Gasteiger partial charge in [0, 0.05) is 31.7 Å². The largest absolute Gasteiger partial charge is 0.416 e. The molecule has 134 valence electrons. The molecule has 0 unspecified atom stereocenters. The molecule has 1 N–H and O–H groups in total. The van der Waals surface area contributed by atoms with Crippen LogP contribution in [0.25, 0.3) is 0 Å². The Morgan fingerprint density at radius 1 is 1.12 bits per heavy atom. The molecule has 1 saturated carbocycles. The lowest BCUT2D eigenvalue weighted by Gasteiger charge is -2.35. The number of alkyl halides is 3. The molecule has 2 aromatic heterocycles. The molecule has 1 saturated heterocycles. The lowest BCUT2D eigenvalue weighted by Crippen LogP contribution is -2.36. The molecule has 5 nitrogen and oxygen atoms in total. The molecule has 0 amide bonds. The second kappa shape index (κ2) is 6.01. The summed E-state index contributed by atoms with van der Waals surface area (Å²) >= 11 is 0. The number of aliphatic hydroxyl groups excluding tert-OH is 1. The van der Waals surface area contributed by atoms with Gasteiger partial charge in [-0.05, 0) is 42.9 Å². The van der Waals surface area contributed by atoms with Gasteiger partial charge in [-0.3, -0.25) is 4.68 Å². The molecule has 0 radical (unpaired) electrons. The van der Waals surface area contributed by atoms with Crippen molar-refractivity contribution in [3.63, 3.8) is 0 Å². The fourth-order valence-electron chi connectivity index (χ4n) is 4.12. The molecule has 0 bridgehead atoms. The van der Waals surface area contributed by atoms with Crippen LogP contribution in [0.1, 0.15) is 24.4 Å². The van der Waals surface area contributed by atoms with E-state index in [1.165, 1.54) is 6.20 Å². The summed E-state index contributed by atoms with van der Waals surface area (Å²) < 4.78 is 40.5. The summed E-state index contributed by atoms with van der Waals surface area (Å²) in [6.45, 7) is 1.28. The van der Waals surface area contributed by atoms with Crippen LogP contribution in [0.15, 0.2) is 36.8 Å². The summed E-state index contributed by atoms with van der Waals surface area (Å²) in [4.78, 5) is 6.03. The highest BCUT2D eigenvalue weighted by Crippen LogP contribution is 2.42. The van der Waals surface area contributed by atoms with Gasteiger partial charge in [0.05, 0.1) is 17.7 Å². The number of hydrogen-bond donors (Lipinski definition) is 1. The van der Waals surface area contributed by atoms with Gasteiger partial charge in [-0.2, -0.15) is 18.3 Å². The van der Waals surface area contributed by atoms with E-state index >= 15 is 0 Å². The molecular weight excluding hydrogens is 333 g/mol. The van der Waals surface area contributed by atoms with Gasteiger partial charge in [0.2, 0.25) is 0 Å². The molecule has 4 rings (SSSR count). The van der Waals surface area contributed by atoms with Crippen LogP contribution < -0.4 is 4.90 Å². The van der Waals surface area contributed by atoms with Crippen molar-refractivity contribution < 1.29 is 18.3 Å². The lowest BCUT2D eigenvalue weighted by molar-refractivity contribution is -0.137. The lowest BCUT2D eigenvalue weighted by atomic mass is 9.77. The van der Waals surface area contributed by atoms with Crippen molar-refractivity contribution in [3.05, 3.63) is 42.4 Å². The van der Waals surface area contributed by atoms with Crippen LogP contribution in [0.2, 0.25) is 0 Å². The summed E-state index contributed by atoms with van der Waals surface area (Å²) in [6.07, 6.45) is 1.28. The Morgan fingerprint density at radius 2 is 1.88 bits per heavy atom. The summed E-state index contributed by atoms with van der Waals surface area (Å²) in [7, 11) is 0. The van der Waals surface area contributed by atoms with Gasteiger partial charge in [0.15, 0.2) is 0 Å². The first-order valence-electron chi connectivity index (χ1n) is 8.37. The van der Waals surface area contributed by atoms with Gasteiger partial charge < -0.3 is 10.0 Å². The summed E-state index contributed by atoms with van der Waals surface area (Å²) in [5.74, 6) is 0.932. The van der Waals surface area contributed by atoms with Gasteiger partial charge in [-0.1, -0.05) is 0 Å². The van der Waals surface area contributed by atoms with Crippen molar-refractivity contribution in [1.82, 2.24) is 14.8 Å². The van der Waals surface area contributed by atoms with Crippen LogP contribution in [0, 0.1) is 11.8 Å². The van der Waals surface area contributed by atoms with Crippen molar-refractivity contribution in [2.24, 2.45) is 11.8 Å². The number of fused-ring (bicyclic) bond motifs is 1. The molecule has 2 aliphatic rings. The van der Waals surface area contributed by atoms with E-state index < -0.39 is 17.8 Å². The molecule has 25 heavy (non-hydrogen) atoms. The monoisotopic (exact) mass is 352 g/mol. The average Bonchev–Trinajstić information content (AvgIpc) is 3.22. The SMILES string of the molecule is O[C@@H]1C[C@H]2CN(c3cc(C(F)(F)F)ccn3)C[C@H]2C[C@H]1n1cccn1. The molecule has 2 fully saturated rings. The van der Waals surface area contributed by atoms with E-state index in [-0.39, 0.29) is 12.0 Å². The Hall–Kier alpha value is -2.09. The maximum atomic E-state index is 12.9. The smallest absolute Gasteiger partial charge is 0.391 e. The van der Waals surface area contributed by atoms with Crippen molar-refractivity contribution in [3.8, 4) is 0 Å². The number of rotatable bonds is 2. The number of halogens is 3. The Balaban J connectivity index is 1.52. The third kappa shape index (κ3) is 3.10. The van der Waals surface area contributed by atoms with E-state index in [9.17, 15) is 18.3 Å². The fourth-order valence-corrected chi connectivity index (χ4v) is 4.12. The Morgan fingerprint density at radius 3 is 2.56 bits per heavy atom. The summed E-state index contributed by atoms with van der Waals surface area (Å²) in [5, 5.41) is 14.7. The summed E-state index contributed by atoms with van der Waals surface area (Å²) in [6, 6.07) is 3.85. The van der Waals surface area contributed by atoms with Crippen molar-refractivity contribution >= 4 is 5.82 Å². The molecule has 3 heterocycles. The van der Waals surface area contributed by atoms with Crippen LogP contribution in [-0.4, -0.2) is 39.1 Å². The number of pyridine rings is 1. The predicted octanol–water partition coefficient (Wildman–Crippen LogP) is 2.75. The third-order valence-electron chi connectivity index (χ3n) is 5.37. The second-order valence-corrected chi connectivity index (χ2v) is 6.92. The minimum atomic E-state index is -4.37. The minimum absolute atomic E-state index is 0.0781. The van der Waals surface area contributed by atoms with E-state index in [2.05, 4.69) is 10.1 Å². The highest BCUT2D eigenvalue weighted by molar-refractivity contribution is 5.43. The highest BCUT2D eigenvalue weighted by atomic mass is 19.4. The van der Waals surface area contributed by atoms with Crippen molar-refractivity contribution in [2.75, 3.05) is 18.0 Å². The van der Waals surface area contributed by atoms with Gasteiger partial charge >= 0.3 is 6.18 Å². The van der Waals surface area contributed by atoms with Crippen LogP contribution in [0.4, 0.5) is 19.0 Å². The van der Waals surface area contributed by atoms with E-state index in [1.54, 1.807) is 10.9 Å². The quantitative estimate of drug-likeness (QED) is 0.903. The topological polar surface area (TPSA) is 54.2 Å². The molecule has 1 aliphatic heterocycles. The standard InChI is InChI=1S/C17H19F3N4O/c18-17(19,20)13-2-4-21-16(8-13)23-9-11-6-14(24-5-1-3-22-24)15(25)7-12(11)10-23/h1-5,8,11-12,14-15,25H,6-7,9-10H2/t11-,12+,14-,15-/m1/s1. The number of aliphatic hydroxyl groups is 1. The molecule has 4 atom stereocenters. The molecule has 0 aromatic carbocycles. The number of hydrogen-bond acceptors (Lipinski definition) is 4. The molecular formula is C17H19F3N4O. The van der Waals surface area contributed by atoms with Crippen LogP contribution in [0.5, 0.6) is 0 Å².